The van der Waals surface area contributed by atoms with Gasteiger partial charge in [0.25, 0.3) is 0 Å². The van der Waals surface area contributed by atoms with Crippen LogP contribution < -0.4 is 0 Å². The Morgan fingerprint density at radius 3 is 2.75 bits per heavy atom. The Morgan fingerprint density at radius 2 is 2.10 bits per heavy atom. The van der Waals surface area contributed by atoms with Gasteiger partial charge in [0.15, 0.2) is 5.65 Å². The predicted octanol–water partition coefficient (Wildman–Crippen LogP) is 4.46. The molecule has 3 aromatic heterocycles. The predicted molar refractivity (Wildman–Crippen MR) is 84.7 cm³/mol. The molecule has 0 spiro atoms. The lowest BCUT2D eigenvalue weighted by atomic mass is 10.2. The molecule has 0 aliphatic carbocycles. The molecule has 104 valence electrons. The van der Waals surface area contributed by atoms with Crippen molar-refractivity contribution in [2.45, 2.75) is 32.7 Å². The second kappa shape index (κ2) is 5.19. The number of imidazole rings is 1. The van der Waals surface area contributed by atoms with E-state index in [0.29, 0.717) is 0 Å². The molecule has 0 aliphatic rings. The van der Waals surface area contributed by atoms with Gasteiger partial charge in [0, 0.05) is 11.1 Å². The highest BCUT2D eigenvalue weighted by Crippen LogP contribution is 2.27. The molecule has 5 heteroatoms. The molecule has 0 saturated heterocycles. The van der Waals surface area contributed by atoms with Crippen molar-refractivity contribution in [2.24, 2.45) is 0 Å². The standard InChI is InChI=1S/C15H16ClN3S/c1-9-5-7-20-12(9)8-19-14(11(3)16)18-13-10(2)4-6-17-15(13)19/h4-7,11H,8H2,1-3H3. The van der Waals surface area contributed by atoms with Crippen molar-refractivity contribution in [3.8, 4) is 0 Å². The van der Waals surface area contributed by atoms with E-state index in [1.807, 2.05) is 19.2 Å². The molecule has 0 bridgehead atoms. The molecule has 0 fully saturated rings. The van der Waals surface area contributed by atoms with E-state index in [4.69, 9.17) is 16.6 Å². The minimum absolute atomic E-state index is 0.135. The van der Waals surface area contributed by atoms with E-state index >= 15 is 0 Å². The van der Waals surface area contributed by atoms with Gasteiger partial charge in [-0.25, -0.2) is 9.97 Å². The van der Waals surface area contributed by atoms with Gasteiger partial charge < -0.3 is 4.57 Å². The molecule has 3 heterocycles. The largest absolute Gasteiger partial charge is 0.306 e. The van der Waals surface area contributed by atoms with Crippen molar-refractivity contribution in [2.75, 3.05) is 0 Å². The minimum Gasteiger partial charge on any atom is -0.306 e. The van der Waals surface area contributed by atoms with Crippen molar-refractivity contribution in [1.29, 1.82) is 0 Å². The van der Waals surface area contributed by atoms with Gasteiger partial charge in [-0.15, -0.1) is 22.9 Å². The van der Waals surface area contributed by atoms with Crippen LogP contribution in [0.25, 0.3) is 11.2 Å². The second-order valence-corrected chi connectivity index (χ2v) is 6.65. The molecule has 0 radical (unpaired) electrons. The number of pyridine rings is 1. The van der Waals surface area contributed by atoms with Gasteiger partial charge in [-0.3, -0.25) is 0 Å². The molecule has 1 unspecified atom stereocenters. The Labute approximate surface area is 127 Å². The summed E-state index contributed by atoms with van der Waals surface area (Å²) >= 11 is 8.07. The van der Waals surface area contributed by atoms with Crippen molar-refractivity contribution >= 4 is 34.1 Å². The second-order valence-electron chi connectivity index (χ2n) is 5.00. The number of alkyl halides is 1. The third-order valence-electron chi connectivity index (χ3n) is 3.49. The maximum absolute atomic E-state index is 6.30. The molecule has 0 aliphatic heterocycles. The smallest absolute Gasteiger partial charge is 0.160 e. The SMILES string of the molecule is Cc1ccsc1Cn1c(C(C)Cl)nc2c(C)ccnc21. The number of thiophene rings is 1. The summed E-state index contributed by atoms with van der Waals surface area (Å²) in [5, 5.41) is 1.98. The Hall–Kier alpha value is -1.39. The first kappa shape index (κ1) is 13.6. The molecular weight excluding hydrogens is 290 g/mol. The van der Waals surface area contributed by atoms with Gasteiger partial charge in [-0.05, 0) is 49.4 Å². The highest BCUT2D eigenvalue weighted by Gasteiger charge is 2.18. The quantitative estimate of drug-likeness (QED) is 0.669. The van der Waals surface area contributed by atoms with Crippen LogP contribution in [-0.2, 0) is 6.54 Å². The normalized spacial score (nSPS) is 13.0. The van der Waals surface area contributed by atoms with Gasteiger partial charge >= 0.3 is 0 Å². The zero-order valence-corrected chi connectivity index (χ0v) is 13.3. The van der Waals surface area contributed by atoms with Gasteiger partial charge in [-0.1, -0.05) is 0 Å². The fourth-order valence-electron chi connectivity index (χ4n) is 2.32. The number of halogens is 1. The lowest BCUT2D eigenvalue weighted by molar-refractivity contribution is 0.741. The highest BCUT2D eigenvalue weighted by molar-refractivity contribution is 7.10. The van der Waals surface area contributed by atoms with Crippen molar-refractivity contribution in [3.63, 3.8) is 0 Å². The lowest BCUT2D eigenvalue weighted by Crippen LogP contribution is -2.06. The first-order valence-electron chi connectivity index (χ1n) is 6.56. The molecule has 20 heavy (non-hydrogen) atoms. The molecule has 3 rings (SSSR count). The molecule has 1 atom stereocenters. The average molecular weight is 306 g/mol. The first-order chi connectivity index (χ1) is 9.58. The van der Waals surface area contributed by atoms with Crippen molar-refractivity contribution in [3.05, 3.63) is 45.5 Å². The summed E-state index contributed by atoms with van der Waals surface area (Å²) in [7, 11) is 0. The maximum atomic E-state index is 6.30. The first-order valence-corrected chi connectivity index (χ1v) is 7.88. The molecule has 3 aromatic rings. The van der Waals surface area contributed by atoms with Gasteiger partial charge in [0.05, 0.1) is 11.9 Å². The van der Waals surface area contributed by atoms with Crippen LogP contribution in [0.3, 0.4) is 0 Å². The van der Waals surface area contributed by atoms with Crippen LogP contribution in [0.15, 0.2) is 23.7 Å². The Balaban J connectivity index is 2.19. The zero-order valence-electron chi connectivity index (χ0n) is 11.7. The van der Waals surface area contributed by atoms with Gasteiger partial charge in [0.2, 0.25) is 0 Å². The van der Waals surface area contributed by atoms with Gasteiger partial charge in [-0.2, -0.15) is 0 Å². The molecule has 3 nitrogen and oxygen atoms in total. The van der Waals surface area contributed by atoms with E-state index in [-0.39, 0.29) is 5.38 Å². The number of hydrogen-bond acceptors (Lipinski definition) is 3. The number of fused-ring (bicyclic) bond motifs is 1. The number of hydrogen-bond donors (Lipinski definition) is 0. The Morgan fingerprint density at radius 1 is 1.30 bits per heavy atom. The van der Waals surface area contributed by atoms with Crippen LogP contribution >= 0.6 is 22.9 Å². The third kappa shape index (κ3) is 2.23. The van der Waals surface area contributed by atoms with E-state index in [2.05, 4.69) is 34.8 Å². The fourth-order valence-corrected chi connectivity index (χ4v) is 3.39. The summed E-state index contributed by atoms with van der Waals surface area (Å²) in [6, 6.07) is 4.13. The average Bonchev–Trinajstić information content (AvgIpc) is 2.96. The number of nitrogens with zero attached hydrogens (tertiary/aromatic N) is 3. The van der Waals surface area contributed by atoms with E-state index in [9.17, 15) is 0 Å². The van der Waals surface area contributed by atoms with Crippen LogP contribution in [-0.4, -0.2) is 14.5 Å². The zero-order chi connectivity index (χ0) is 14.3. The van der Waals surface area contributed by atoms with Crippen LogP contribution in [0.5, 0.6) is 0 Å². The topological polar surface area (TPSA) is 30.7 Å². The highest BCUT2D eigenvalue weighted by atomic mass is 35.5. The Bertz CT molecular complexity index is 758. The van der Waals surface area contributed by atoms with Crippen LogP contribution in [0.4, 0.5) is 0 Å². The maximum Gasteiger partial charge on any atom is 0.160 e. The Kier molecular flexibility index (Phi) is 3.52. The molecule has 0 saturated carbocycles. The third-order valence-corrected chi connectivity index (χ3v) is 4.69. The van der Waals surface area contributed by atoms with Crippen molar-refractivity contribution < 1.29 is 0 Å². The van der Waals surface area contributed by atoms with E-state index in [1.165, 1.54) is 10.4 Å². The summed E-state index contributed by atoms with van der Waals surface area (Å²) in [4.78, 5) is 10.5. The van der Waals surface area contributed by atoms with Crippen molar-refractivity contribution in [1.82, 2.24) is 14.5 Å². The van der Waals surface area contributed by atoms with E-state index in [0.717, 1.165) is 29.1 Å². The molecule has 0 amide bonds. The summed E-state index contributed by atoms with van der Waals surface area (Å²) in [6.45, 7) is 6.92. The van der Waals surface area contributed by atoms with E-state index in [1.54, 1.807) is 11.3 Å². The minimum atomic E-state index is -0.135. The number of rotatable bonds is 3. The molecule has 0 N–H and O–H groups in total. The fraction of sp³-hybridized carbons (Fsp3) is 0.333. The van der Waals surface area contributed by atoms with Crippen LogP contribution in [0.2, 0.25) is 0 Å². The van der Waals surface area contributed by atoms with E-state index < -0.39 is 0 Å². The van der Waals surface area contributed by atoms with Crippen LogP contribution in [0.1, 0.15) is 34.1 Å². The molecular formula is C15H16ClN3S. The number of aryl methyl sites for hydroxylation is 2. The van der Waals surface area contributed by atoms with Crippen LogP contribution in [0, 0.1) is 13.8 Å². The summed E-state index contributed by atoms with van der Waals surface area (Å²) in [5.74, 6) is 0.885. The summed E-state index contributed by atoms with van der Waals surface area (Å²) in [6.07, 6.45) is 1.83. The monoisotopic (exact) mass is 305 g/mol. The number of aromatic nitrogens is 3. The lowest BCUT2D eigenvalue weighted by Gasteiger charge is -2.09. The summed E-state index contributed by atoms with van der Waals surface area (Å²) in [5.41, 5.74) is 4.30. The van der Waals surface area contributed by atoms with Gasteiger partial charge in [0.1, 0.15) is 11.3 Å². The molecule has 0 aromatic carbocycles. The summed E-state index contributed by atoms with van der Waals surface area (Å²) < 4.78 is 2.14.